The highest BCUT2D eigenvalue weighted by molar-refractivity contribution is 7.15. The average molecular weight is 307 g/mol. The summed E-state index contributed by atoms with van der Waals surface area (Å²) < 4.78 is 41.5. The smallest absolute Gasteiger partial charge is 0.372 e. The van der Waals surface area contributed by atoms with E-state index in [9.17, 15) is 18.0 Å². The number of hydrogen-bond donors (Lipinski definition) is 1. The molecular weight excluding hydrogens is 295 g/mol. The number of carbonyl (C=O) groups excluding carboxylic acids is 1. The Hall–Kier alpha value is -1.61. The molecule has 0 aromatic carbocycles. The van der Waals surface area contributed by atoms with E-state index in [1.54, 1.807) is 6.20 Å². The van der Waals surface area contributed by atoms with Crippen LogP contribution in [0.5, 0.6) is 0 Å². The van der Waals surface area contributed by atoms with Crippen LogP contribution >= 0.6 is 11.3 Å². The van der Waals surface area contributed by atoms with E-state index in [1.807, 2.05) is 16.0 Å². The van der Waals surface area contributed by atoms with Crippen LogP contribution in [0.1, 0.15) is 12.1 Å². The van der Waals surface area contributed by atoms with Crippen molar-refractivity contribution < 1.29 is 22.7 Å². The minimum Gasteiger partial charge on any atom is -0.372 e. The van der Waals surface area contributed by atoms with Crippen LogP contribution in [0.3, 0.4) is 0 Å². The zero-order chi connectivity index (χ0) is 14.6. The van der Waals surface area contributed by atoms with Gasteiger partial charge in [-0.25, -0.2) is 4.98 Å². The highest BCUT2D eigenvalue weighted by Gasteiger charge is 2.27. The molecule has 1 N–H and O–H groups in total. The molecular formula is C11H12F3N3O2S. The van der Waals surface area contributed by atoms with Crippen LogP contribution in [0.15, 0.2) is 17.8 Å². The highest BCUT2D eigenvalue weighted by atomic mass is 32.1. The summed E-state index contributed by atoms with van der Waals surface area (Å²) in [5, 5.41) is 4.47. The number of fused-ring (bicyclic) bond motifs is 1. The molecule has 2 rings (SSSR count). The maximum absolute atomic E-state index is 11.8. The van der Waals surface area contributed by atoms with E-state index in [4.69, 9.17) is 0 Å². The van der Waals surface area contributed by atoms with Crippen LogP contribution in [-0.4, -0.2) is 34.7 Å². The van der Waals surface area contributed by atoms with E-state index < -0.39 is 12.8 Å². The van der Waals surface area contributed by atoms with Crippen LogP contribution < -0.4 is 5.32 Å². The maximum atomic E-state index is 11.8. The minimum atomic E-state index is -4.36. The summed E-state index contributed by atoms with van der Waals surface area (Å²) in [6.07, 6.45) is -0.841. The first-order valence-corrected chi connectivity index (χ1v) is 6.64. The summed E-state index contributed by atoms with van der Waals surface area (Å²) in [5.74, 6) is -0.372. The van der Waals surface area contributed by atoms with E-state index in [1.165, 1.54) is 11.3 Å². The van der Waals surface area contributed by atoms with Crippen molar-refractivity contribution in [2.75, 3.05) is 13.2 Å². The molecule has 0 radical (unpaired) electrons. The maximum Gasteiger partial charge on any atom is 0.411 e. The molecule has 2 aromatic rings. The Balaban J connectivity index is 1.66. The van der Waals surface area contributed by atoms with Crippen LogP contribution in [0.25, 0.3) is 4.96 Å². The van der Waals surface area contributed by atoms with Gasteiger partial charge in [-0.1, -0.05) is 0 Å². The minimum absolute atomic E-state index is 0.113. The third-order valence-electron chi connectivity index (χ3n) is 2.35. The Morgan fingerprint density at radius 3 is 3.00 bits per heavy atom. The Morgan fingerprint density at radius 1 is 1.50 bits per heavy atom. The second kappa shape index (κ2) is 6.23. The van der Waals surface area contributed by atoms with E-state index in [0.29, 0.717) is 5.69 Å². The molecule has 0 saturated carbocycles. The van der Waals surface area contributed by atoms with Crippen molar-refractivity contribution in [3.05, 3.63) is 23.5 Å². The first-order valence-electron chi connectivity index (χ1n) is 5.76. The molecule has 9 heteroatoms. The molecule has 0 atom stereocenters. The van der Waals surface area contributed by atoms with E-state index in [2.05, 4.69) is 15.0 Å². The van der Waals surface area contributed by atoms with Crippen LogP contribution in [-0.2, 0) is 16.1 Å². The molecule has 2 aromatic heterocycles. The van der Waals surface area contributed by atoms with Gasteiger partial charge in [0.25, 0.3) is 0 Å². The summed E-state index contributed by atoms with van der Waals surface area (Å²) in [6.45, 7) is -1.35. The Kier molecular flexibility index (Phi) is 4.61. The molecule has 2 heterocycles. The zero-order valence-corrected chi connectivity index (χ0v) is 11.1. The number of rotatable bonds is 6. The Labute approximate surface area is 116 Å². The van der Waals surface area contributed by atoms with Crippen molar-refractivity contribution in [1.82, 2.24) is 14.7 Å². The van der Waals surface area contributed by atoms with Gasteiger partial charge in [-0.05, 0) is 0 Å². The van der Waals surface area contributed by atoms with Crippen molar-refractivity contribution >= 4 is 22.2 Å². The molecule has 0 spiro atoms. The highest BCUT2D eigenvalue weighted by Crippen LogP contribution is 2.14. The van der Waals surface area contributed by atoms with Crippen LogP contribution in [0, 0.1) is 0 Å². The zero-order valence-electron chi connectivity index (χ0n) is 10.3. The number of imidazole rings is 1. The van der Waals surface area contributed by atoms with Gasteiger partial charge in [-0.15, -0.1) is 11.3 Å². The topological polar surface area (TPSA) is 55.6 Å². The second-order valence-corrected chi connectivity index (χ2v) is 4.89. The fraction of sp³-hybridized carbons (Fsp3) is 0.455. The Bertz CT molecular complexity index is 550. The van der Waals surface area contributed by atoms with E-state index in [-0.39, 0.29) is 25.5 Å². The molecule has 0 unspecified atom stereocenters. The molecule has 110 valence electrons. The molecule has 0 fully saturated rings. The summed E-state index contributed by atoms with van der Waals surface area (Å²) >= 11 is 1.47. The van der Waals surface area contributed by atoms with Gasteiger partial charge in [0.05, 0.1) is 18.8 Å². The largest absolute Gasteiger partial charge is 0.411 e. The van der Waals surface area contributed by atoms with E-state index in [0.717, 1.165) is 4.96 Å². The number of hydrogen-bond acceptors (Lipinski definition) is 4. The summed E-state index contributed by atoms with van der Waals surface area (Å²) in [5.41, 5.74) is 0.696. The lowest BCUT2D eigenvalue weighted by Crippen LogP contribution is -2.25. The van der Waals surface area contributed by atoms with Crippen molar-refractivity contribution in [2.24, 2.45) is 0 Å². The molecule has 0 bridgehead atoms. The predicted octanol–water partition coefficient (Wildman–Crippen LogP) is 1.98. The van der Waals surface area contributed by atoms with Crippen molar-refractivity contribution in [3.8, 4) is 0 Å². The van der Waals surface area contributed by atoms with Gasteiger partial charge >= 0.3 is 6.18 Å². The summed E-state index contributed by atoms with van der Waals surface area (Å²) in [6, 6.07) is 0. The molecule has 0 aliphatic heterocycles. The molecule has 20 heavy (non-hydrogen) atoms. The summed E-state index contributed by atoms with van der Waals surface area (Å²) in [4.78, 5) is 16.5. The number of ether oxygens (including phenoxy) is 1. The monoisotopic (exact) mass is 307 g/mol. The third kappa shape index (κ3) is 4.49. The van der Waals surface area contributed by atoms with Gasteiger partial charge in [-0.3, -0.25) is 9.20 Å². The average Bonchev–Trinajstić information content (AvgIpc) is 2.91. The molecule has 1 amide bonds. The number of carbonyl (C=O) groups is 1. The SMILES string of the molecule is O=C(CCOCC(F)(F)F)NCc1cn2ccsc2n1. The lowest BCUT2D eigenvalue weighted by Gasteiger charge is -2.07. The van der Waals surface area contributed by atoms with Gasteiger partial charge in [-0.2, -0.15) is 13.2 Å². The second-order valence-electron chi connectivity index (χ2n) is 4.02. The fourth-order valence-electron chi connectivity index (χ4n) is 1.49. The molecule has 0 aliphatic carbocycles. The first kappa shape index (κ1) is 14.8. The van der Waals surface area contributed by atoms with Crippen LogP contribution in [0.4, 0.5) is 13.2 Å². The first-order chi connectivity index (χ1) is 9.44. The van der Waals surface area contributed by atoms with E-state index >= 15 is 0 Å². The number of nitrogens with one attached hydrogen (secondary N) is 1. The molecule has 0 aliphatic rings. The van der Waals surface area contributed by atoms with Gasteiger partial charge in [0.1, 0.15) is 6.61 Å². The van der Waals surface area contributed by atoms with Gasteiger partial charge < -0.3 is 10.1 Å². The predicted molar refractivity (Wildman–Crippen MR) is 66.4 cm³/mol. The van der Waals surface area contributed by atoms with Gasteiger partial charge in [0.2, 0.25) is 5.91 Å². The normalized spacial score (nSPS) is 11.9. The quantitative estimate of drug-likeness (QED) is 0.830. The van der Waals surface area contributed by atoms with Gasteiger partial charge in [0.15, 0.2) is 4.96 Å². The van der Waals surface area contributed by atoms with Gasteiger partial charge in [0, 0.05) is 24.2 Å². The number of amides is 1. The lowest BCUT2D eigenvalue weighted by molar-refractivity contribution is -0.174. The summed E-state index contributed by atoms with van der Waals surface area (Å²) in [7, 11) is 0. The number of halogens is 3. The van der Waals surface area contributed by atoms with Crippen molar-refractivity contribution in [1.29, 1.82) is 0 Å². The standard InChI is InChI=1S/C11H12F3N3O2S/c12-11(13,14)7-19-3-1-9(18)15-5-8-6-17-2-4-20-10(17)16-8/h2,4,6H,1,3,5,7H2,(H,15,18). The third-order valence-corrected chi connectivity index (χ3v) is 3.12. The number of nitrogens with zero attached hydrogens (tertiary/aromatic N) is 2. The Morgan fingerprint density at radius 2 is 2.30 bits per heavy atom. The number of aromatic nitrogens is 2. The van der Waals surface area contributed by atoms with Crippen LogP contribution in [0.2, 0.25) is 0 Å². The van der Waals surface area contributed by atoms with Crippen molar-refractivity contribution in [2.45, 2.75) is 19.1 Å². The lowest BCUT2D eigenvalue weighted by atomic mass is 10.4. The number of thiazole rings is 1. The fourth-order valence-corrected chi connectivity index (χ4v) is 2.21. The number of alkyl halides is 3. The molecule has 0 saturated heterocycles. The molecule has 5 nitrogen and oxygen atoms in total. The van der Waals surface area contributed by atoms with Crippen molar-refractivity contribution in [3.63, 3.8) is 0 Å².